The first-order valence-electron chi connectivity index (χ1n) is 7.86. The summed E-state index contributed by atoms with van der Waals surface area (Å²) in [4.78, 5) is 14.3. The Balaban J connectivity index is 2.03. The number of piperidine rings is 1. The third-order valence-corrected chi connectivity index (χ3v) is 5.33. The maximum Gasteiger partial charge on any atom is 0.134 e. The van der Waals surface area contributed by atoms with E-state index in [4.69, 9.17) is 0 Å². The number of benzene rings is 1. The van der Waals surface area contributed by atoms with Gasteiger partial charge in [-0.1, -0.05) is 18.2 Å². The first-order chi connectivity index (χ1) is 10.5. The van der Waals surface area contributed by atoms with Crippen LogP contribution >= 0.6 is 0 Å². The van der Waals surface area contributed by atoms with Crippen LogP contribution in [0.15, 0.2) is 36.9 Å². The van der Waals surface area contributed by atoms with Crippen molar-refractivity contribution in [3.8, 4) is 5.75 Å². The van der Waals surface area contributed by atoms with Gasteiger partial charge in [0.15, 0.2) is 0 Å². The molecule has 2 aliphatic rings. The SMILES string of the molecule is C=CCN1CCC2(c3cccc(O)c3)CC(=O)CCC2(O)C1. The molecule has 0 spiro atoms. The highest BCUT2D eigenvalue weighted by molar-refractivity contribution is 5.82. The summed E-state index contributed by atoms with van der Waals surface area (Å²) in [5.41, 5.74) is -0.643. The molecule has 2 unspecified atom stereocenters. The number of Topliss-reactive ketones (excluding diaryl/α,β-unsaturated/α-hetero) is 1. The molecule has 1 saturated carbocycles. The molecule has 2 atom stereocenters. The summed E-state index contributed by atoms with van der Waals surface area (Å²) in [5, 5.41) is 21.2. The van der Waals surface area contributed by atoms with Gasteiger partial charge in [-0.3, -0.25) is 9.69 Å². The standard InChI is InChI=1S/C18H23NO3/c1-2-9-19-10-8-17(14-4-3-5-15(20)11-14)12-16(21)6-7-18(17,22)13-19/h2-5,11,20,22H,1,6-10,12-13H2. The largest absolute Gasteiger partial charge is 0.508 e. The molecule has 2 fully saturated rings. The van der Waals surface area contributed by atoms with E-state index in [0.717, 1.165) is 18.7 Å². The van der Waals surface area contributed by atoms with Crippen LogP contribution in [-0.2, 0) is 10.2 Å². The van der Waals surface area contributed by atoms with E-state index in [9.17, 15) is 15.0 Å². The topological polar surface area (TPSA) is 60.8 Å². The fraction of sp³-hybridized carbons (Fsp3) is 0.500. The van der Waals surface area contributed by atoms with Crippen molar-refractivity contribution in [2.75, 3.05) is 19.6 Å². The van der Waals surface area contributed by atoms with E-state index in [1.165, 1.54) is 0 Å². The van der Waals surface area contributed by atoms with E-state index in [0.29, 0.717) is 32.2 Å². The zero-order chi connectivity index (χ0) is 15.8. The predicted octanol–water partition coefficient (Wildman–Crippen LogP) is 2.01. The van der Waals surface area contributed by atoms with Crippen LogP contribution in [0.25, 0.3) is 0 Å². The number of aliphatic hydroxyl groups is 1. The molecular formula is C18H23NO3. The quantitative estimate of drug-likeness (QED) is 0.838. The summed E-state index contributed by atoms with van der Waals surface area (Å²) in [5.74, 6) is 0.381. The van der Waals surface area contributed by atoms with Gasteiger partial charge in [0, 0.05) is 31.3 Å². The predicted molar refractivity (Wildman–Crippen MR) is 84.8 cm³/mol. The van der Waals surface area contributed by atoms with Gasteiger partial charge in [-0.2, -0.15) is 0 Å². The average molecular weight is 301 g/mol. The number of likely N-dealkylation sites (tertiary alicyclic amines) is 1. The smallest absolute Gasteiger partial charge is 0.134 e. The summed E-state index contributed by atoms with van der Waals surface area (Å²) in [7, 11) is 0. The lowest BCUT2D eigenvalue weighted by Gasteiger charge is -2.56. The first kappa shape index (κ1) is 15.3. The van der Waals surface area contributed by atoms with E-state index < -0.39 is 11.0 Å². The van der Waals surface area contributed by atoms with Crippen LogP contribution in [0.3, 0.4) is 0 Å². The zero-order valence-electron chi connectivity index (χ0n) is 12.8. The van der Waals surface area contributed by atoms with Gasteiger partial charge in [-0.05, 0) is 37.1 Å². The maximum absolute atomic E-state index is 12.1. The average Bonchev–Trinajstić information content (AvgIpc) is 2.48. The molecule has 1 heterocycles. The molecule has 4 nitrogen and oxygen atoms in total. The number of aromatic hydroxyl groups is 1. The Morgan fingerprint density at radius 3 is 2.91 bits per heavy atom. The lowest BCUT2D eigenvalue weighted by Crippen LogP contribution is -2.65. The van der Waals surface area contributed by atoms with Gasteiger partial charge >= 0.3 is 0 Å². The van der Waals surface area contributed by atoms with Gasteiger partial charge < -0.3 is 10.2 Å². The number of hydrogen-bond acceptors (Lipinski definition) is 4. The van der Waals surface area contributed by atoms with Crippen LogP contribution in [0.1, 0.15) is 31.2 Å². The van der Waals surface area contributed by atoms with E-state index in [2.05, 4.69) is 11.5 Å². The molecule has 0 aromatic heterocycles. The van der Waals surface area contributed by atoms with Gasteiger partial charge in [0.05, 0.1) is 5.60 Å². The summed E-state index contributed by atoms with van der Waals surface area (Å²) >= 11 is 0. The van der Waals surface area contributed by atoms with Crippen LogP contribution in [0, 0.1) is 0 Å². The Bertz CT molecular complexity index is 600. The van der Waals surface area contributed by atoms with Crippen molar-refractivity contribution in [1.82, 2.24) is 4.90 Å². The van der Waals surface area contributed by atoms with Crippen molar-refractivity contribution >= 4 is 5.78 Å². The Hall–Kier alpha value is -1.65. The lowest BCUT2D eigenvalue weighted by molar-refractivity contribution is -0.146. The second-order valence-electron chi connectivity index (χ2n) is 6.65. The molecule has 2 N–H and O–H groups in total. The number of phenols is 1. The minimum Gasteiger partial charge on any atom is -0.508 e. The lowest BCUT2D eigenvalue weighted by atomic mass is 9.56. The number of phenolic OH excluding ortho intramolecular Hbond substituents is 1. The molecule has 1 saturated heterocycles. The molecule has 0 amide bonds. The zero-order valence-corrected chi connectivity index (χ0v) is 12.8. The van der Waals surface area contributed by atoms with Crippen LogP contribution in [0.4, 0.5) is 0 Å². The maximum atomic E-state index is 12.1. The van der Waals surface area contributed by atoms with Crippen LogP contribution in [-0.4, -0.2) is 46.1 Å². The Morgan fingerprint density at radius 1 is 1.36 bits per heavy atom. The summed E-state index contributed by atoms with van der Waals surface area (Å²) < 4.78 is 0. The highest BCUT2D eigenvalue weighted by Gasteiger charge is 2.57. The van der Waals surface area contributed by atoms with Crippen molar-refractivity contribution in [1.29, 1.82) is 0 Å². The minimum absolute atomic E-state index is 0.181. The number of fused-ring (bicyclic) bond motifs is 1. The molecule has 0 bridgehead atoms. The summed E-state index contributed by atoms with van der Waals surface area (Å²) in [6, 6.07) is 7.03. The number of carbonyl (C=O) groups excluding carboxylic acids is 1. The van der Waals surface area contributed by atoms with Crippen molar-refractivity contribution in [3.63, 3.8) is 0 Å². The molecule has 1 aromatic rings. The monoisotopic (exact) mass is 301 g/mol. The number of ketones is 1. The molecule has 22 heavy (non-hydrogen) atoms. The van der Waals surface area contributed by atoms with Gasteiger partial charge in [0.1, 0.15) is 11.5 Å². The molecule has 0 radical (unpaired) electrons. The van der Waals surface area contributed by atoms with Gasteiger partial charge in [-0.15, -0.1) is 6.58 Å². The number of hydrogen-bond donors (Lipinski definition) is 2. The first-order valence-corrected chi connectivity index (χ1v) is 7.86. The minimum atomic E-state index is -0.935. The number of carbonyl (C=O) groups is 1. The highest BCUT2D eigenvalue weighted by Crippen LogP contribution is 2.51. The molecule has 1 aliphatic heterocycles. The Kier molecular flexibility index (Phi) is 3.83. The second-order valence-corrected chi connectivity index (χ2v) is 6.65. The van der Waals surface area contributed by atoms with Crippen molar-refractivity contribution in [2.45, 2.75) is 36.7 Å². The van der Waals surface area contributed by atoms with E-state index >= 15 is 0 Å². The normalized spacial score (nSPS) is 32.5. The summed E-state index contributed by atoms with van der Waals surface area (Å²) in [6.07, 6.45) is 3.83. The van der Waals surface area contributed by atoms with E-state index in [1.54, 1.807) is 18.2 Å². The Morgan fingerprint density at radius 2 is 2.18 bits per heavy atom. The highest BCUT2D eigenvalue weighted by atomic mass is 16.3. The number of nitrogens with zero attached hydrogens (tertiary/aromatic N) is 1. The third kappa shape index (κ3) is 2.36. The molecule has 4 heteroatoms. The van der Waals surface area contributed by atoms with Crippen LogP contribution < -0.4 is 0 Å². The van der Waals surface area contributed by atoms with Gasteiger partial charge in [0.2, 0.25) is 0 Å². The fourth-order valence-electron chi connectivity index (χ4n) is 4.18. The fourth-order valence-corrected chi connectivity index (χ4v) is 4.18. The van der Waals surface area contributed by atoms with Crippen molar-refractivity contribution in [3.05, 3.63) is 42.5 Å². The second kappa shape index (κ2) is 5.52. The van der Waals surface area contributed by atoms with Crippen LogP contribution in [0.5, 0.6) is 5.75 Å². The number of β-amino-alcohol motifs (C(OH)–C–C–N with tert-alkyl or cyclic N) is 1. The van der Waals surface area contributed by atoms with Gasteiger partial charge in [0.25, 0.3) is 0 Å². The van der Waals surface area contributed by atoms with E-state index in [1.807, 2.05) is 12.1 Å². The van der Waals surface area contributed by atoms with Crippen molar-refractivity contribution in [2.24, 2.45) is 0 Å². The van der Waals surface area contributed by atoms with Gasteiger partial charge in [-0.25, -0.2) is 0 Å². The molecule has 1 aromatic carbocycles. The van der Waals surface area contributed by atoms with E-state index in [-0.39, 0.29) is 11.5 Å². The molecular weight excluding hydrogens is 278 g/mol. The Labute approximate surface area is 131 Å². The molecule has 1 aliphatic carbocycles. The molecule has 3 rings (SSSR count). The summed E-state index contributed by atoms with van der Waals surface area (Å²) in [6.45, 7) is 5.87. The van der Waals surface area contributed by atoms with Crippen LogP contribution in [0.2, 0.25) is 0 Å². The third-order valence-electron chi connectivity index (χ3n) is 5.33. The molecule has 118 valence electrons. The van der Waals surface area contributed by atoms with Crippen molar-refractivity contribution < 1.29 is 15.0 Å². The number of rotatable bonds is 3.